The van der Waals surface area contributed by atoms with Crippen molar-refractivity contribution in [2.45, 2.75) is 86.2 Å². The standard InChI is InChI=1S/C33H38O8/c1-9-19(35)11-10-18-12-20(15(2)3)21-13-31(7)14-32(8)24(16(4)5)27(37)22(17(6)34)29(39)33(32,41)30(40)25(31)28(38)23(21)26(18)36/h12,15-16,24,36,38-39,41H,9,13-14H2,1-8H3/t24?,31-,32-,33+/m1/s1. The first-order chi connectivity index (χ1) is 18.9. The van der Waals surface area contributed by atoms with Gasteiger partial charge in [-0.15, -0.1) is 0 Å². The number of aliphatic hydroxyl groups is 3. The highest BCUT2D eigenvalue weighted by Gasteiger charge is 2.72. The SMILES string of the molecule is CCC(=O)C#Cc1cc(C(C)C)c2c(c1O)C(O)=C1C(=O)[C@@]3(O)C(O)=C(C(C)=O)C(=O)C(C(C)C)[C@@]3(C)C[C@@]1(C)C2. The van der Waals surface area contributed by atoms with E-state index < -0.39 is 68.5 Å². The van der Waals surface area contributed by atoms with Gasteiger partial charge in [0, 0.05) is 28.7 Å². The molecule has 0 bridgehead atoms. The van der Waals surface area contributed by atoms with E-state index in [0.717, 1.165) is 12.5 Å². The molecule has 1 fully saturated rings. The van der Waals surface area contributed by atoms with E-state index in [4.69, 9.17) is 0 Å². The van der Waals surface area contributed by atoms with Crippen LogP contribution in [0.2, 0.25) is 0 Å². The number of hydrogen-bond donors (Lipinski definition) is 4. The quantitative estimate of drug-likeness (QED) is 0.306. The number of hydrogen-bond acceptors (Lipinski definition) is 8. The lowest BCUT2D eigenvalue weighted by Gasteiger charge is -2.59. The molecule has 1 aromatic rings. The lowest BCUT2D eigenvalue weighted by Crippen LogP contribution is -2.69. The molecule has 3 aliphatic rings. The highest BCUT2D eigenvalue weighted by molar-refractivity contribution is 6.24. The number of phenols is 1. The number of aliphatic hydroxyl groups excluding tert-OH is 2. The molecular formula is C33H38O8. The maximum atomic E-state index is 14.4. The average molecular weight is 563 g/mol. The van der Waals surface area contributed by atoms with Gasteiger partial charge in [-0.1, -0.05) is 54.4 Å². The molecule has 0 saturated heterocycles. The summed E-state index contributed by atoms with van der Waals surface area (Å²) in [6.07, 6.45) is 0.398. The summed E-state index contributed by atoms with van der Waals surface area (Å²) in [6, 6.07) is 1.69. The fourth-order valence-corrected chi connectivity index (χ4v) is 7.65. The Kier molecular flexibility index (Phi) is 7.16. The fraction of sp³-hybridized carbons (Fsp3) is 0.515. The zero-order valence-corrected chi connectivity index (χ0v) is 24.9. The van der Waals surface area contributed by atoms with Gasteiger partial charge in [-0.2, -0.15) is 0 Å². The van der Waals surface area contributed by atoms with E-state index in [2.05, 4.69) is 11.8 Å². The number of rotatable bonds is 4. The zero-order chi connectivity index (χ0) is 31.0. The number of ketones is 4. The number of carbonyl (C=O) groups excluding carboxylic acids is 4. The average Bonchev–Trinajstić information content (AvgIpc) is 2.84. The number of Topliss-reactive ketones (excluding diaryl/α,β-unsaturated/α-hetero) is 4. The Balaban J connectivity index is 2.10. The fourth-order valence-electron chi connectivity index (χ4n) is 7.65. The molecule has 1 unspecified atom stereocenters. The van der Waals surface area contributed by atoms with Crippen LogP contribution in [-0.2, 0) is 25.6 Å². The van der Waals surface area contributed by atoms with Gasteiger partial charge in [0.15, 0.2) is 17.2 Å². The second kappa shape index (κ2) is 9.70. The lowest BCUT2D eigenvalue weighted by molar-refractivity contribution is -0.178. The van der Waals surface area contributed by atoms with E-state index in [1.807, 2.05) is 13.8 Å². The van der Waals surface area contributed by atoms with Gasteiger partial charge in [0.05, 0.1) is 11.1 Å². The third-order valence-corrected chi connectivity index (χ3v) is 9.32. The summed E-state index contributed by atoms with van der Waals surface area (Å²) >= 11 is 0. The topological polar surface area (TPSA) is 149 Å². The van der Waals surface area contributed by atoms with E-state index in [0.29, 0.717) is 5.56 Å². The van der Waals surface area contributed by atoms with Crippen molar-refractivity contribution < 1.29 is 39.6 Å². The number of allylic oxidation sites excluding steroid dienone is 1. The van der Waals surface area contributed by atoms with Crippen molar-refractivity contribution in [3.63, 3.8) is 0 Å². The van der Waals surface area contributed by atoms with E-state index in [9.17, 15) is 39.6 Å². The minimum atomic E-state index is -2.67. The largest absolute Gasteiger partial charge is 0.508 e. The Labute approximate surface area is 240 Å². The van der Waals surface area contributed by atoms with E-state index in [1.165, 1.54) is 0 Å². The minimum Gasteiger partial charge on any atom is -0.508 e. The summed E-state index contributed by atoms with van der Waals surface area (Å²) < 4.78 is 0. The highest BCUT2D eigenvalue weighted by Crippen LogP contribution is 2.65. The normalized spacial score (nSPS) is 29.2. The van der Waals surface area contributed by atoms with E-state index in [1.54, 1.807) is 40.7 Å². The second-order valence-electron chi connectivity index (χ2n) is 12.9. The molecule has 41 heavy (non-hydrogen) atoms. The van der Waals surface area contributed by atoms with Crippen LogP contribution in [0.1, 0.15) is 96.4 Å². The Hall–Kier alpha value is -3.70. The molecule has 0 heterocycles. The molecule has 3 aliphatic carbocycles. The molecule has 0 aromatic heterocycles. The lowest BCUT2D eigenvalue weighted by atomic mass is 9.43. The van der Waals surface area contributed by atoms with Crippen molar-refractivity contribution >= 4 is 28.9 Å². The van der Waals surface area contributed by atoms with Crippen molar-refractivity contribution in [1.29, 1.82) is 0 Å². The molecule has 4 N–H and O–H groups in total. The highest BCUT2D eigenvalue weighted by atomic mass is 16.3. The smallest absolute Gasteiger partial charge is 0.205 e. The van der Waals surface area contributed by atoms with Gasteiger partial charge >= 0.3 is 0 Å². The summed E-state index contributed by atoms with van der Waals surface area (Å²) in [4.78, 5) is 52.4. The molecule has 1 saturated carbocycles. The first kappa shape index (κ1) is 30.3. The third kappa shape index (κ3) is 4.00. The van der Waals surface area contributed by atoms with Gasteiger partial charge in [-0.05, 0) is 54.7 Å². The van der Waals surface area contributed by atoms with Gasteiger partial charge in [-0.25, -0.2) is 0 Å². The van der Waals surface area contributed by atoms with Gasteiger partial charge in [0.25, 0.3) is 0 Å². The molecule has 1 aromatic carbocycles. The van der Waals surface area contributed by atoms with Crippen LogP contribution in [0.4, 0.5) is 0 Å². The maximum Gasteiger partial charge on any atom is 0.205 e. The van der Waals surface area contributed by atoms with Crippen molar-refractivity contribution in [1.82, 2.24) is 0 Å². The Morgan fingerprint density at radius 3 is 2.22 bits per heavy atom. The number of phenolic OH excluding ortho intramolecular Hbond substituents is 1. The molecule has 8 nitrogen and oxygen atoms in total. The Morgan fingerprint density at radius 1 is 1.10 bits per heavy atom. The van der Waals surface area contributed by atoms with E-state index in [-0.39, 0.29) is 47.7 Å². The number of aromatic hydroxyl groups is 1. The molecule has 0 aliphatic heterocycles. The maximum absolute atomic E-state index is 14.4. The van der Waals surface area contributed by atoms with Crippen LogP contribution in [0.15, 0.2) is 23.0 Å². The summed E-state index contributed by atoms with van der Waals surface area (Å²) in [5, 5.41) is 46.5. The van der Waals surface area contributed by atoms with Crippen LogP contribution >= 0.6 is 0 Å². The first-order valence-electron chi connectivity index (χ1n) is 14.0. The van der Waals surface area contributed by atoms with Gasteiger partial charge in [0.1, 0.15) is 22.8 Å². The molecule has 0 radical (unpaired) electrons. The third-order valence-electron chi connectivity index (χ3n) is 9.32. The van der Waals surface area contributed by atoms with Gasteiger partial charge < -0.3 is 20.4 Å². The van der Waals surface area contributed by atoms with Crippen molar-refractivity contribution in [3.05, 3.63) is 45.2 Å². The number of carbonyl (C=O) groups is 4. The number of fused-ring (bicyclic) bond motifs is 3. The van der Waals surface area contributed by atoms with Crippen molar-refractivity contribution in [3.8, 4) is 17.6 Å². The van der Waals surface area contributed by atoms with Crippen molar-refractivity contribution in [2.24, 2.45) is 22.7 Å². The second-order valence-corrected chi connectivity index (χ2v) is 12.9. The van der Waals surface area contributed by atoms with Crippen LogP contribution < -0.4 is 0 Å². The van der Waals surface area contributed by atoms with Crippen LogP contribution in [-0.4, -0.2) is 49.2 Å². The molecule has 0 spiro atoms. The molecule has 218 valence electrons. The van der Waals surface area contributed by atoms with Gasteiger partial charge in [-0.3, -0.25) is 19.2 Å². The summed E-state index contributed by atoms with van der Waals surface area (Å²) in [7, 11) is 0. The van der Waals surface area contributed by atoms with Crippen LogP contribution in [0, 0.1) is 34.5 Å². The van der Waals surface area contributed by atoms with Crippen LogP contribution in [0.25, 0.3) is 5.76 Å². The Morgan fingerprint density at radius 2 is 1.71 bits per heavy atom. The first-order valence-corrected chi connectivity index (χ1v) is 14.0. The summed E-state index contributed by atoms with van der Waals surface area (Å²) in [6.45, 7) is 13.5. The van der Waals surface area contributed by atoms with Gasteiger partial charge in [0.2, 0.25) is 11.6 Å². The molecule has 8 heteroatoms. The predicted octanol–water partition coefficient (Wildman–Crippen LogP) is 4.64. The molecule has 0 amide bonds. The molecule has 4 rings (SSSR count). The summed E-state index contributed by atoms with van der Waals surface area (Å²) in [5.41, 5.74) is -4.63. The van der Waals surface area contributed by atoms with Crippen LogP contribution in [0.3, 0.4) is 0 Å². The van der Waals surface area contributed by atoms with Crippen molar-refractivity contribution in [2.75, 3.05) is 0 Å². The molecular weight excluding hydrogens is 524 g/mol. The monoisotopic (exact) mass is 562 g/mol. The minimum absolute atomic E-state index is 0.0139. The summed E-state index contributed by atoms with van der Waals surface area (Å²) in [5.74, 6) is -0.979. The predicted molar refractivity (Wildman–Crippen MR) is 152 cm³/mol. The van der Waals surface area contributed by atoms with E-state index >= 15 is 0 Å². The van der Waals surface area contributed by atoms with Crippen LogP contribution in [0.5, 0.6) is 5.75 Å². The zero-order valence-electron chi connectivity index (χ0n) is 24.9. The Bertz CT molecular complexity index is 1540. The number of benzene rings is 1. The molecule has 4 atom stereocenters.